The summed E-state index contributed by atoms with van der Waals surface area (Å²) in [5.74, 6) is -0.278. The summed E-state index contributed by atoms with van der Waals surface area (Å²) in [6.07, 6.45) is 0.378. The molecule has 0 saturated heterocycles. The Labute approximate surface area is 184 Å². The molecule has 1 N–H and O–H groups in total. The summed E-state index contributed by atoms with van der Waals surface area (Å²) in [6.45, 7) is 0. The fourth-order valence-corrected chi connectivity index (χ4v) is 3.54. The highest BCUT2D eigenvalue weighted by Gasteiger charge is 2.33. The van der Waals surface area contributed by atoms with Crippen LogP contribution in [0.5, 0.6) is 11.5 Å². The number of benzene rings is 2. The minimum Gasteiger partial charge on any atom is -0.493 e. The van der Waals surface area contributed by atoms with Crippen LogP contribution in [0, 0.1) is 10.1 Å². The van der Waals surface area contributed by atoms with Crippen LogP contribution < -0.4 is 9.47 Å². The number of hydrogen-bond donors (Lipinski definition) is 1. The molecule has 1 atom stereocenters. The van der Waals surface area contributed by atoms with Gasteiger partial charge >= 0.3 is 5.97 Å². The monoisotopic (exact) mass is 441 g/mol. The van der Waals surface area contributed by atoms with Gasteiger partial charge in [0, 0.05) is 37.0 Å². The third-order valence-electron chi connectivity index (χ3n) is 5.13. The van der Waals surface area contributed by atoms with Crippen molar-refractivity contribution in [1.82, 2.24) is 5.01 Å². The van der Waals surface area contributed by atoms with E-state index in [1.54, 1.807) is 30.3 Å². The minimum atomic E-state index is -0.982. The summed E-state index contributed by atoms with van der Waals surface area (Å²) in [5, 5.41) is 25.9. The lowest BCUT2D eigenvalue weighted by molar-refractivity contribution is -0.385. The van der Waals surface area contributed by atoms with E-state index in [-0.39, 0.29) is 30.9 Å². The maximum atomic E-state index is 12.9. The Morgan fingerprint density at radius 1 is 1.16 bits per heavy atom. The van der Waals surface area contributed by atoms with Crippen molar-refractivity contribution in [2.75, 3.05) is 14.2 Å². The highest BCUT2D eigenvalue weighted by molar-refractivity contribution is 6.03. The van der Waals surface area contributed by atoms with Gasteiger partial charge in [-0.3, -0.25) is 19.7 Å². The second-order valence-electron chi connectivity index (χ2n) is 7.17. The topological polar surface area (TPSA) is 132 Å². The molecular formula is C22H23N3O7. The lowest BCUT2D eigenvalue weighted by Crippen LogP contribution is -2.27. The van der Waals surface area contributed by atoms with Gasteiger partial charge in [-0.2, -0.15) is 5.10 Å². The Bertz CT molecular complexity index is 1070. The average Bonchev–Trinajstić information content (AvgIpc) is 3.24. The van der Waals surface area contributed by atoms with Gasteiger partial charge in [-0.25, -0.2) is 5.01 Å². The van der Waals surface area contributed by atoms with Crippen LogP contribution in [0.1, 0.15) is 42.9 Å². The van der Waals surface area contributed by atoms with E-state index in [0.29, 0.717) is 29.2 Å². The number of nitrogens with zero attached hydrogens (tertiary/aromatic N) is 3. The molecule has 0 bridgehead atoms. The van der Waals surface area contributed by atoms with E-state index >= 15 is 0 Å². The first kappa shape index (κ1) is 22.7. The number of carboxylic acid groups (broad SMARTS) is 1. The van der Waals surface area contributed by atoms with E-state index in [1.165, 1.54) is 31.4 Å². The molecule has 0 unspecified atom stereocenters. The molecule has 0 saturated carbocycles. The van der Waals surface area contributed by atoms with Crippen molar-refractivity contribution in [3.8, 4) is 11.5 Å². The first-order valence-corrected chi connectivity index (χ1v) is 9.92. The van der Waals surface area contributed by atoms with E-state index in [2.05, 4.69) is 5.10 Å². The number of hydrogen-bond acceptors (Lipinski definition) is 7. The third-order valence-corrected chi connectivity index (χ3v) is 5.13. The zero-order valence-electron chi connectivity index (χ0n) is 17.7. The molecule has 1 aliphatic heterocycles. The van der Waals surface area contributed by atoms with Crippen molar-refractivity contribution in [3.05, 3.63) is 63.7 Å². The number of hydrazone groups is 1. The van der Waals surface area contributed by atoms with Gasteiger partial charge in [0.15, 0.2) is 11.5 Å². The number of carboxylic acids is 1. The standard InChI is InChI=1S/C22H23N3O7/c1-31-19-10-9-14(12-20(19)32-2)17-13-18(15-5-3-6-16(11-15)25(29)30)24(23-17)21(26)7-4-8-22(27)28/h3,5-6,9-12,18H,4,7-8,13H2,1-2H3,(H,27,28)/t18-/m1/s1. The van der Waals surface area contributed by atoms with Crippen molar-refractivity contribution in [1.29, 1.82) is 0 Å². The molecule has 0 aromatic heterocycles. The number of methoxy groups -OCH3 is 2. The molecule has 0 fully saturated rings. The SMILES string of the molecule is COc1ccc(C2=NN(C(=O)CCCC(=O)O)[C@@H](c3cccc([N+](=O)[O-])c3)C2)cc1OC. The molecule has 1 amide bonds. The maximum absolute atomic E-state index is 12.9. The fourth-order valence-electron chi connectivity index (χ4n) is 3.54. The van der Waals surface area contributed by atoms with Crippen LogP contribution in [0.2, 0.25) is 0 Å². The number of carbonyl (C=O) groups excluding carboxylic acids is 1. The van der Waals surface area contributed by atoms with Crippen LogP contribution in [-0.2, 0) is 9.59 Å². The summed E-state index contributed by atoms with van der Waals surface area (Å²) < 4.78 is 10.6. The van der Waals surface area contributed by atoms with Gasteiger partial charge in [-0.05, 0) is 30.2 Å². The van der Waals surface area contributed by atoms with Gasteiger partial charge < -0.3 is 14.6 Å². The number of non-ortho nitro benzene ring substituents is 1. The van der Waals surface area contributed by atoms with Gasteiger partial charge in [0.25, 0.3) is 5.69 Å². The quantitative estimate of drug-likeness (QED) is 0.465. The first-order chi connectivity index (χ1) is 15.3. The summed E-state index contributed by atoms with van der Waals surface area (Å²) in [6, 6.07) is 10.8. The summed E-state index contributed by atoms with van der Waals surface area (Å²) >= 11 is 0. The second-order valence-corrected chi connectivity index (χ2v) is 7.17. The summed E-state index contributed by atoms with van der Waals surface area (Å²) in [4.78, 5) is 34.4. The van der Waals surface area contributed by atoms with Gasteiger partial charge in [0.05, 0.1) is 30.9 Å². The summed E-state index contributed by atoms with van der Waals surface area (Å²) in [5.41, 5.74) is 1.82. The van der Waals surface area contributed by atoms with Crippen molar-refractivity contribution in [2.24, 2.45) is 5.10 Å². The molecule has 10 heteroatoms. The highest BCUT2D eigenvalue weighted by atomic mass is 16.6. The number of ether oxygens (including phenoxy) is 2. The second kappa shape index (κ2) is 9.90. The molecular weight excluding hydrogens is 418 g/mol. The van der Waals surface area contributed by atoms with E-state index < -0.39 is 16.9 Å². The molecule has 168 valence electrons. The molecule has 3 rings (SSSR count). The Kier molecular flexibility index (Phi) is 7.04. The molecule has 0 aliphatic carbocycles. The van der Waals surface area contributed by atoms with Gasteiger partial charge in [-0.1, -0.05) is 12.1 Å². The molecule has 1 aliphatic rings. The smallest absolute Gasteiger partial charge is 0.303 e. The zero-order valence-corrected chi connectivity index (χ0v) is 17.7. The predicted octanol–water partition coefficient (Wildman–Crippen LogP) is 3.54. The van der Waals surface area contributed by atoms with Crippen molar-refractivity contribution < 1.29 is 29.1 Å². The van der Waals surface area contributed by atoms with E-state index in [4.69, 9.17) is 14.6 Å². The average molecular weight is 441 g/mol. The predicted molar refractivity (Wildman–Crippen MR) is 115 cm³/mol. The van der Waals surface area contributed by atoms with E-state index in [9.17, 15) is 19.7 Å². The van der Waals surface area contributed by atoms with Crippen LogP contribution in [0.3, 0.4) is 0 Å². The molecule has 1 heterocycles. The van der Waals surface area contributed by atoms with Crippen molar-refractivity contribution in [3.63, 3.8) is 0 Å². The Morgan fingerprint density at radius 2 is 1.91 bits per heavy atom. The molecule has 2 aromatic rings. The van der Waals surface area contributed by atoms with Crippen LogP contribution >= 0.6 is 0 Å². The molecule has 32 heavy (non-hydrogen) atoms. The fraction of sp³-hybridized carbons (Fsp3) is 0.318. The minimum absolute atomic E-state index is 0.000437. The zero-order chi connectivity index (χ0) is 23.3. The van der Waals surface area contributed by atoms with Gasteiger partial charge in [-0.15, -0.1) is 0 Å². The van der Waals surface area contributed by atoms with E-state index in [1.807, 2.05) is 0 Å². The van der Waals surface area contributed by atoms with Crippen LogP contribution in [0.15, 0.2) is 47.6 Å². The van der Waals surface area contributed by atoms with Crippen LogP contribution in [-0.4, -0.2) is 46.8 Å². The Balaban J connectivity index is 1.94. The summed E-state index contributed by atoms with van der Waals surface area (Å²) in [7, 11) is 3.04. The Hall–Kier alpha value is -3.95. The lowest BCUT2D eigenvalue weighted by Gasteiger charge is -2.22. The number of nitro groups is 1. The molecule has 10 nitrogen and oxygen atoms in total. The largest absolute Gasteiger partial charge is 0.493 e. The normalized spacial score (nSPS) is 15.2. The maximum Gasteiger partial charge on any atom is 0.303 e. The number of amides is 1. The lowest BCUT2D eigenvalue weighted by atomic mass is 9.97. The first-order valence-electron chi connectivity index (χ1n) is 9.92. The highest BCUT2D eigenvalue weighted by Crippen LogP contribution is 2.36. The van der Waals surface area contributed by atoms with Gasteiger partial charge in [0.1, 0.15) is 0 Å². The number of nitro benzene ring substituents is 1. The molecule has 0 spiro atoms. The number of aliphatic carboxylic acids is 1. The molecule has 2 aromatic carbocycles. The third kappa shape index (κ3) is 5.02. The Morgan fingerprint density at radius 3 is 2.56 bits per heavy atom. The van der Waals surface area contributed by atoms with Crippen molar-refractivity contribution >= 4 is 23.3 Å². The van der Waals surface area contributed by atoms with Crippen LogP contribution in [0.4, 0.5) is 5.69 Å². The van der Waals surface area contributed by atoms with Crippen LogP contribution in [0.25, 0.3) is 0 Å². The van der Waals surface area contributed by atoms with Crippen molar-refractivity contribution in [2.45, 2.75) is 31.7 Å². The number of rotatable bonds is 9. The van der Waals surface area contributed by atoms with E-state index in [0.717, 1.165) is 5.56 Å². The van der Waals surface area contributed by atoms with Gasteiger partial charge in [0.2, 0.25) is 5.91 Å². The molecule has 0 radical (unpaired) electrons. The number of carbonyl (C=O) groups is 2.